The van der Waals surface area contributed by atoms with Crippen LogP contribution in [0.15, 0.2) is 24.3 Å². The van der Waals surface area contributed by atoms with Gasteiger partial charge in [-0.3, -0.25) is 9.59 Å². The molecular weight excluding hydrogens is 294 g/mol. The predicted octanol–water partition coefficient (Wildman–Crippen LogP) is 0.550. The van der Waals surface area contributed by atoms with E-state index in [4.69, 9.17) is 4.74 Å². The van der Waals surface area contributed by atoms with Gasteiger partial charge in [0.25, 0.3) is 0 Å². The molecule has 2 unspecified atom stereocenters. The maximum absolute atomic E-state index is 12.6. The Balaban J connectivity index is 1.73. The van der Waals surface area contributed by atoms with Crippen molar-refractivity contribution in [2.45, 2.75) is 12.5 Å². The Labute approximate surface area is 136 Å². The molecule has 2 amide bonds. The van der Waals surface area contributed by atoms with Gasteiger partial charge in [0.2, 0.25) is 11.8 Å². The maximum atomic E-state index is 12.6. The van der Waals surface area contributed by atoms with E-state index in [0.29, 0.717) is 12.5 Å². The van der Waals surface area contributed by atoms with Gasteiger partial charge in [-0.05, 0) is 17.7 Å². The Morgan fingerprint density at radius 2 is 2.04 bits per heavy atom. The van der Waals surface area contributed by atoms with Crippen molar-refractivity contribution in [3.8, 4) is 5.75 Å². The van der Waals surface area contributed by atoms with Gasteiger partial charge in [0.05, 0.1) is 19.1 Å². The topological polar surface area (TPSA) is 70.7 Å². The van der Waals surface area contributed by atoms with Crippen molar-refractivity contribution in [2.24, 2.45) is 11.8 Å². The van der Waals surface area contributed by atoms with Crippen molar-refractivity contribution in [1.29, 1.82) is 0 Å². The summed E-state index contributed by atoms with van der Waals surface area (Å²) in [5.74, 6) is 0.910. The molecule has 0 saturated carbocycles. The Morgan fingerprint density at radius 1 is 1.35 bits per heavy atom. The minimum atomic E-state index is -0.339. The molecule has 0 bridgehead atoms. The average molecular weight is 317 g/mol. The highest BCUT2D eigenvalue weighted by Gasteiger charge is 2.42. The lowest BCUT2D eigenvalue weighted by atomic mass is 9.92. The molecule has 2 saturated heterocycles. The first-order chi connectivity index (χ1) is 11.1. The van der Waals surface area contributed by atoms with Crippen molar-refractivity contribution in [2.75, 3.05) is 33.8 Å². The van der Waals surface area contributed by atoms with E-state index in [1.807, 2.05) is 24.3 Å². The highest BCUT2D eigenvalue weighted by molar-refractivity contribution is 5.90. The lowest BCUT2D eigenvalue weighted by molar-refractivity contribution is -0.128. The van der Waals surface area contributed by atoms with E-state index in [1.54, 1.807) is 19.1 Å². The van der Waals surface area contributed by atoms with Gasteiger partial charge in [-0.1, -0.05) is 12.1 Å². The number of hydrogen-bond donors (Lipinski definition) is 2. The number of carbonyl (C=O) groups excluding carboxylic acids is 2. The summed E-state index contributed by atoms with van der Waals surface area (Å²) >= 11 is 0. The van der Waals surface area contributed by atoms with E-state index >= 15 is 0 Å². The highest BCUT2D eigenvalue weighted by Crippen LogP contribution is 2.37. The smallest absolute Gasteiger partial charge is 0.226 e. The van der Waals surface area contributed by atoms with E-state index < -0.39 is 0 Å². The number of amides is 2. The molecule has 2 fully saturated rings. The third kappa shape index (κ3) is 3.17. The third-order valence-electron chi connectivity index (χ3n) is 4.81. The molecule has 2 atom stereocenters. The predicted molar refractivity (Wildman–Crippen MR) is 86.0 cm³/mol. The summed E-state index contributed by atoms with van der Waals surface area (Å²) in [5.41, 5.74) is 0.963. The number of likely N-dealkylation sites (tertiary alicyclic amines) is 1. The van der Waals surface area contributed by atoms with Crippen LogP contribution in [-0.2, 0) is 9.59 Å². The molecule has 6 heteroatoms. The monoisotopic (exact) mass is 317 g/mol. The van der Waals surface area contributed by atoms with Crippen LogP contribution in [0.5, 0.6) is 5.75 Å². The summed E-state index contributed by atoms with van der Waals surface area (Å²) in [5, 5.41) is 6.20. The Bertz CT molecular complexity index is 583. The van der Waals surface area contributed by atoms with Crippen molar-refractivity contribution in [3.63, 3.8) is 0 Å². The number of benzene rings is 1. The molecular formula is C17H23N3O3. The summed E-state index contributed by atoms with van der Waals surface area (Å²) in [6.07, 6.45) is 0.266. The number of ether oxygens (including phenoxy) is 1. The number of methoxy groups -OCH3 is 1. The van der Waals surface area contributed by atoms with E-state index in [0.717, 1.165) is 24.4 Å². The summed E-state index contributed by atoms with van der Waals surface area (Å²) in [7, 11) is 3.38. The van der Waals surface area contributed by atoms with Gasteiger partial charge in [0.15, 0.2) is 0 Å². The second-order valence-corrected chi connectivity index (χ2v) is 6.30. The van der Waals surface area contributed by atoms with Crippen LogP contribution in [0.2, 0.25) is 0 Å². The number of hydrogen-bond acceptors (Lipinski definition) is 4. The fourth-order valence-corrected chi connectivity index (χ4v) is 3.23. The SMILES string of the molecule is COc1ccc(C2C(C(=O)NCC3CNC3)CC(=O)N2C)cc1. The molecule has 23 heavy (non-hydrogen) atoms. The first kappa shape index (κ1) is 15.8. The fraction of sp³-hybridized carbons (Fsp3) is 0.529. The molecule has 1 aromatic carbocycles. The molecule has 2 aliphatic rings. The Hall–Kier alpha value is -2.08. The lowest BCUT2D eigenvalue weighted by Crippen LogP contribution is -2.49. The molecule has 0 radical (unpaired) electrons. The van der Waals surface area contributed by atoms with Crippen LogP contribution in [0.4, 0.5) is 0 Å². The zero-order valence-corrected chi connectivity index (χ0v) is 13.5. The maximum Gasteiger partial charge on any atom is 0.226 e. The standard InChI is InChI=1S/C17H23N3O3/c1-20-15(21)7-14(17(22)19-10-11-8-18-9-11)16(20)12-3-5-13(23-2)6-4-12/h3-6,11,14,16,18H,7-10H2,1-2H3,(H,19,22). The van der Waals surface area contributed by atoms with Gasteiger partial charge in [-0.15, -0.1) is 0 Å². The molecule has 0 aliphatic carbocycles. The summed E-state index contributed by atoms with van der Waals surface area (Å²) in [6.45, 7) is 2.58. The zero-order valence-electron chi connectivity index (χ0n) is 13.5. The van der Waals surface area contributed by atoms with Crippen molar-refractivity contribution in [1.82, 2.24) is 15.5 Å². The van der Waals surface area contributed by atoms with Gasteiger partial charge >= 0.3 is 0 Å². The number of rotatable bonds is 5. The molecule has 2 heterocycles. The lowest BCUT2D eigenvalue weighted by Gasteiger charge is -2.29. The van der Waals surface area contributed by atoms with E-state index in [9.17, 15) is 9.59 Å². The Morgan fingerprint density at radius 3 is 2.61 bits per heavy atom. The highest BCUT2D eigenvalue weighted by atomic mass is 16.5. The van der Waals surface area contributed by atoms with Gasteiger partial charge < -0.3 is 20.3 Å². The zero-order chi connectivity index (χ0) is 16.4. The first-order valence-electron chi connectivity index (χ1n) is 7.98. The second kappa shape index (κ2) is 6.58. The summed E-state index contributed by atoms with van der Waals surface area (Å²) in [4.78, 5) is 26.3. The largest absolute Gasteiger partial charge is 0.497 e. The van der Waals surface area contributed by atoms with Crippen LogP contribution in [0, 0.1) is 11.8 Å². The van der Waals surface area contributed by atoms with Crippen LogP contribution < -0.4 is 15.4 Å². The normalized spacial score (nSPS) is 24.4. The molecule has 124 valence electrons. The molecule has 2 N–H and O–H groups in total. The first-order valence-corrected chi connectivity index (χ1v) is 7.98. The van der Waals surface area contributed by atoms with E-state index in [-0.39, 0.29) is 30.2 Å². The van der Waals surface area contributed by atoms with Gasteiger partial charge in [0.1, 0.15) is 5.75 Å². The molecule has 3 rings (SSSR count). The molecule has 0 aromatic heterocycles. The van der Waals surface area contributed by atoms with Crippen molar-refractivity contribution < 1.29 is 14.3 Å². The Kier molecular flexibility index (Phi) is 4.52. The minimum Gasteiger partial charge on any atom is -0.497 e. The number of carbonyl (C=O) groups is 2. The molecule has 2 aliphatic heterocycles. The second-order valence-electron chi connectivity index (χ2n) is 6.30. The van der Waals surface area contributed by atoms with Crippen LogP contribution >= 0.6 is 0 Å². The molecule has 1 aromatic rings. The quantitative estimate of drug-likeness (QED) is 0.832. The summed E-state index contributed by atoms with van der Waals surface area (Å²) < 4.78 is 5.17. The number of nitrogens with one attached hydrogen (secondary N) is 2. The minimum absolute atomic E-state index is 0.0104. The summed E-state index contributed by atoms with van der Waals surface area (Å²) in [6, 6.07) is 7.36. The van der Waals surface area contributed by atoms with E-state index in [1.165, 1.54) is 0 Å². The van der Waals surface area contributed by atoms with Crippen LogP contribution in [0.25, 0.3) is 0 Å². The molecule has 0 spiro atoms. The van der Waals surface area contributed by atoms with E-state index in [2.05, 4.69) is 10.6 Å². The van der Waals surface area contributed by atoms with Gasteiger partial charge in [-0.2, -0.15) is 0 Å². The van der Waals surface area contributed by atoms with Gasteiger partial charge in [0, 0.05) is 39.0 Å². The van der Waals surface area contributed by atoms with Crippen molar-refractivity contribution >= 4 is 11.8 Å². The van der Waals surface area contributed by atoms with Crippen molar-refractivity contribution in [3.05, 3.63) is 29.8 Å². The van der Waals surface area contributed by atoms with Crippen LogP contribution in [0.1, 0.15) is 18.0 Å². The average Bonchev–Trinajstić information content (AvgIpc) is 2.81. The van der Waals surface area contributed by atoms with Gasteiger partial charge in [-0.25, -0.2) is 0 Å². The van der Waals surface area contributed by atoms with Crippen LogP contribution in [-0.4, -0.2) is 50.5 Å². The molecule has 6 nitrogen and oxygen atoms in total. The fourth-order valence-electron chi connectivity index (χ4n) is 3.23. The number of nitrogens with zero attached hydrogens (tertiary/aromatic N) is 1. The van der Waals surface area contributed by atoms with Crippen LogP contribution in [0.3, 0.4) is 0 Å². The third-order valence-corrected chi connectivity index (χ3v) is 4.81.